The molecule has 0 saturated carbocycles. The van der Waals surface area contributed by atoms with E-state index in [9.17, 15) is 9.59 Å². The fourth-order valence-electron chi connectivity index (χ4n) is 3.26. The number of hydrogen-bond acceptors (Lipinski definition) is 4. The summed E-state index contributed by atoms with van der Waals surface area (Å²) in [5.41, 5.74) is 2.98. The molecule has 2 aromatic heterocycles. The van der Waals surface area contributed by atoms with Gasteiger partial charge in [0.2, 0.25) is 0 Å². The zero-order valence-corrected chi connectivity index (χ0v) is 14.6. The number of hydrogen-bond donors (Lipinski definition) is 1. The van der Waals surface area contributed by atoms with Gasteiger partial charge in [0.15, 0.2) is 0 Å². The maximum Gasteiger partial charge on any atom is 0.257 e. The Morgan fingerprint density at radius 2 is 2.04 bits per heavy atom. The van der Waals surface area contributed by atoms with Crippen molar-refractivity contribution in [3.8, 4) is 0 Å². The molecule has 0 bridgehead atoms. The summed E-state index contributed by atoms with van der Waals surface area (Å²) < 4.78 is 4.99. The highest BCUT2D eigenvalue weighted by molar-refractivity contribution is 5.95. The smallest absolute Gasteiger partial charge is 0.257 e. The van der Waals surface area contributed by atoms with Crippen molar-refractivity contribution < 1.29 is 14.0 Å². The summed E-state index contributed by atoms with van der Waals surface area (Å²) >= 11 is 0. The number of aromatic nitrogens is 1. The number of nitrogens with one attached hydrogen (secondary N) is 1. The highest BCUT2D eigenvalue weighted by atomic mass is 16.3. The van der Waals surface area contributed by atoms with E-state index in [0.29, 0.717) is 30.8 Å². The van der Waals surface area contributed by atoms with Crippen LogP contribution in [0.25, 0.3) is 0 Å². The molecule has 2 amide bonds. The monoisotopic (exact) mass is 341 g/mol. The van der Waals surface area contributed by atoms with E-state index in [2.05, 4.69) is 10.3 Å². The summed E-state index contributed by atoms with van der Waals surface area (Å²) in [5, 5.41) is 2.85. The van der Waals surface area contributed by atoms with E-state index in [1.165, 1.54) is 12.5 Å². The molecular weight excluding hydrogens is 318 g/mol. The normalized spacial score (nSPS) is 15.2. The van der Waals surface area contributed by atoms with Crippen LogP contribution in [0, 0.1) is 6.92 Å². The molecule has 132 valence electrons. The van der Waals surface area contributed by atoms with E-state index in [1.807, 2.05) is 30.9 Å². The number of carbonyl (C=O) groups excluding carboxylic acids is 2. The van der Waals surface area contributed by atoms with Gasteiger partial charge in [0.25, 0.3) is 11.8 Å². The van der Waals surface area contributed by atoms with Gasteiger partial charge in [0.1, 0.15) is 6.26 Å². The minimum atomic E-state index is -0.0816. The molecule has 0 aliphatic carbocycles. The van der Waals surface area contributed by atoms with Crippen LogP contribution in [0.5, 0.6) is 0 Å². The van der Waals surface area contributed by atoms with Crippen molar-refractivity contribution in [3.63, 3.8) is 0 Å². The van der Waals surface area contributed by atoms with Crippen LogP contribution in [-0.4, -0.2) is 41.3 Å². The Morgan fingerprint density at radius 1 is 1.28 bits per heavy atom. The molecule has 0 aromatic carbocycles. The molecule has 6 heteroatoms. The second-order valence-corrected chi connectivity index (χ2v) is 6.32. The lowest BCUT2D eigenvalue weighted by Gasteiger charge is -2.32. The summed E-state index contributed by atoms with van der Waals surface area (Å²) in [6.07, 6.45) is 4.58. The van der Waals surface area contributed by atoms with Gasteiger partial charge >= 0.3 is 0 Å². The zero-order valence-electron chi connectivity index (χ0n) is 14.6. The maximum atomic E-state index is 12.4. The van der Waals surface area contributed by atoms with E-state index >= 15 is 0 Å². The number of pyridine rings is 1. The molecule has 6 nitrogen and oxygen atoms in total. The molecule has 2 aromatic rings. The Hall–Kier alpha value is -2.63. The van der Waals surface area contributed by atoms with Crippen LogP contribution in [0.2, 0.25) is 0 Å². The minimum Gasteiger partial charge on any atom is -0.472 e. The van der Waals surface area contributed by atoms with Gasteiger partial charge in [-0.15, -0.1) is 0 Å². The molecule has 1 aliphatic rings. The highest BCUT2D eigenvalue weighted by Gasteiger charge is 2.28. The van der Waals surface area contributed by atoms with Crippen LogP contribution < -0.4 is 5.32 Å². The first-order valence-corrected chi connectivity index (χ1v) is 8.67. The number of aryl methyl sites for hydroxylation is 1. The van der Waals surface area contributed by atoms with Crippen LogP contribution in [0.4, 0.5) is 0 Å². The van der Waals surface area contributed by atoms with Gasteiger partial charge < -0.3 is 14.6 Å². The lowest BCUT2D eigenvalue weighted by atomic mass is 9.89. The molecule has 1 N–H and O–H groups in total. The molecule has 0 atom stereocenters. The van der Waals surface area contributed by atoms with Gasteiger partial charge in [-0.05, 0) is 44.9 Å². The third-order valence-corrected chi connectivity index (χ3v) is 4.58. The molecule has 25 heavy (non-hydrogen) atoms. The predicted octanol–water partition coefficient (Wildman–Crippen LogP) is 2.75. The average Bonchev–Trinajstić information content (AvgIpc) is 3.16. The van der Waals surface area contributed by atoms with Gasteiger partial charge in [0.05, 0.1) is 23.1 Å². The standard InChI is InChI=1S/C19H23N3O3/c1-3-20-18(23)16-5-4-13(2)21-17(16)14-6-9-22(10-7-14)19(24)15-8-11-25-12-15/h4-5,8,11-12,14H,3,6-7,9-10H2,1-2H3,(H,20,23). The van der Waals surface area contributed by atoms with Crippen LogP contribution in [-0.2, 0) is 0 Å². The Labute approximate surface area is 147 Å². The summed E-state index contributed by atoms with van der Waals surface area (Å²) in [5.74, 6) is 0.0983. The molecule has 3 heterocycles. The number of rotatable bonds is 4. The number of nitrogens with zero attached hydrogens (tertiary/aromatic N) is 2. The highest BCUT2D eigenvalue weighted by Crippen LogP contribution is 2.30. The average molecular weight is 341 g/mol. The minimum absolute atomic E-state index is 0.00616. The van der Waals surface area contributed by atoms with E-state index in [1.54, 1.807) is 6.07 Å². The van der Waals surface area contributed by atoms with Crippen molar-refractivity contribution >= 4 is 11.8 Å². The molecule has 3 rings (SSSR count). The summed E-state index contributed by atoms with van der Waals surface area (Å²) in [7, 11) is 0. The Balaban J connectivity index is 1.73. The first kappa shape index (κ1) is 17.2. The fourth-order valence-corrected chi connectivity index (χ4v) is 3.26. The summed E-state index contributed by atoms with van der Waals surface area (Å²) in [6, 6.07) is 5.40. The topological polar surface area (TPSA) is 75.4 Å². The zero-order chi connectivity index (χ0) is 17.8. The van der Waals surface area contributed by atoms with Crippen molar-refractivity contribution in [2.75, 3.05) is 19.6 Å². The van der Waals surface area contributed by atoms with Gasteiger partial charge in [-0.25, -0.2) is 0 Å². The van der Waals surface area contributed by atoms with Crippen molar-refractivity contribution in [2.45, 2.75) is 32.6 Å². The van der Waals surface area contributed by atoms with Gasteiger partial charge in [-0.3, -0.25) is 14.6 Å². The molecule has 1 aliphatic heterocycles. The molecular formula is C19H23N3O3. The third kappa shape index (κ3) is 3.73. The van der Waals surface area contributed by atoms with Crippen molar-refractivity contribution in [1.82, 2.24) is 15.2 Å². The second-order valence-electron chi connectivity index (χ2n) is 6.32. The number of likely N-dealkylation sites (tertiary alicyclic amines) is 1. The maximum absolute atomic E-state index is 12.4. The Morgan fingerprint density at radius 3 is 2.68 bits per heavy atom. The number of carbonyl (C=O) groups is 2. The first-order valence-electron chi connectivity index (χ1n) is 8.67. The van der Waals surface area contributed by atoms with Crippen LogP contribution >= 0.6 is 0 Å². The van der Waals surface area contributed by atoms with Gasteiger partial charge in [-0.2, -0.15) is 0 Å². The van der Waals surface area contributed by atoms with Crippen LogP contribution in [0.15, 0.2) is 35.1 Å². The number of furan rings is 1. The number of piperidine rings is 1. The van der Waals surface area contributed by atoms with E-state index in [-0.39, 0.29) is 17.7 Å². The van der Waals surface area contributed by atoms with Crippen molar-refractivity contribution in [2.24, 2.45) is 0 Å². The first-order chi connectivity index (χ1) is 12.1. The third-order valence-electron chi connectivity index (χ3n) is 4.58. The van der Waals surface area contributed by atoms with Crippen molar-refractivity contribution in [3.05, 3.63) is 53.2 Å². The van der Waals surface area contributed by atoms with Crippen molar-refractivity contribution in [1.29, 1.82) is 0 Å². The lowest BCUT2D eigenvalue weighted by molar-refractivity contribution is 0.0709. The van der Waals surface area contributed by atoms with Gasteiger partial charge in [0, 0.05) is 31.2 Å². The lowest BCUT2D eigenvalue weighted by Crippen LogP contribution is -2.38. The Bertz CT molecular complexity index is 747. The van der Waals surface area contributed by atoms with E-state index in [4.69, 9.17) is 4.42 Å². The van der Waals surface area contributed by atoms with E-state index < -0.39 is 0 Å². The largest absolute Gasteiger partial charge is 0.472 e. The Kier molecular flexibility index (Phi) is 5.16. The predicted molar refractivity (Wildman–Crippen MR) is 93.6 cm³/mol. The summed E-state index contributed by atoms with van der Waals surface area (Å²) in [4.78, 5) is 31.2. The molecule has 1 saturated heterocycles. The van der Waals surface area contributed by atoms with Gasteiger partial charge in [-0.1, -0.05) is 0 Å². The van der Waals surface area contributed by atoms with Crippen LogP contribution in [0.1, 0.15) is 57.8 Å². The van der Waals surface area contributed by atoms with Crippen LogP contribution in [0.3, 0.4) is 0 Å². The summed E-state index contributed by atoms with van der Waals surface area (Å²) in [6.45, 7) is 5.73. The molecule has 1 fully saturated rings. The second kappa shape index (κ2) is 7.51. The SMILES string of the molecule is CCNC(=O)c1ccc(C)nc1C1CCN(C(=O)c2ccoc2)CC1. The molecule has 0 spiro atoms. The molecule has 0 unspecified atom stereocenters. The van der Waals surface area contributed by atoms with E-state index in [0.717, 1.165) is 24.2 Å². The number of amides is 2. The fraction of sp³-hybridized carbons (Fsp3) is 0.421. The quantitative estimate of drug-likeness (QED) is 0.928. The molecule has 0 radical (unpaired) electrons.